The zero-order chi connectivity index (χ0) is 9.26. The van der Waals surface area contributed by atoms with E-state index in [1.54, 1.807) is 19.3 Å². The Morgan fingerprint density at radius 1 is 1.08 bits per heavy atom. The van der Waals surface area contributed by atoms with Gasteiger partial charge in [0.05, 0.1) is 0 Å². The van der Waals surface area contributed by atoms with Gasteiger partial charge >= 0.3 is 0 Å². The first kappa shape index (κ1) is 9.55. The van der Waals surface area contributed by atoms with Crippen molar-refractivity contribution in [3.8, 4) is 0 Å². The molecule has 0 heteroatoms. The molecule has 2 rings (SSSR count). The van der Waals surface area contributed by atoms with Gasteiger partial charge in [0, 0.05) is 0 Å². The lowest BCUT2D eigenvalue weighted by molar-refractivity contribution is 0.221. The number of hydrogen-bond acceptors (Lipinski definition) is 0. The molecule has 4 atom stereocenters. The topological polar surface area (TPSA) is 0 Å². The van der Waals surface area contributed by atoms with Crippen LogP contribution in [0.1, 0.15) is 58.8 Å². The van der Waals surface area contributed by atoms with Gasteiger partial charge in [0.1, 0.15) is 0 Å². The number of rotatable bonds is 4. The van der Waals surface area contributed by atoms with Crippen LogP contribution in [-0.4, -0.2) is 0 Å². The zero-order valence-corrected chi connectivity index (χ0v) is 9.26. The summed E-state index contributed by atoms with van der Waals surface area (Å²) < 4.78 is 0. The molecule has 2 aliphatic rings. The van der Waals surface area contributed by atoms with E-state index >= 15 is 0 Å². The van der Waals surface area contributed by atoms with Crippen LogP contribution in [0.25, 0.3) is 0 Å². The van der Waals surface area contributed by atoms with Crippen LogP contribution < -0.4 is 0 Å². The average molecular weight is 180 g/mol. The number of fused-ring (bicyclic) bond motifs is 2. The molecule has 0 saturated heterocycles. The van der Waals surface area contributed by atoms with Gasteiger partial charge < -0.3 is 0 Å². The molecule has 0 radical (unpaired) electrons. The largest absolute Gasteiger partial charge is 0.0654 e. The summed E-state index contributed by atoms with van der Waals surface area (Å²) in [6, 6.07) is 0. The van der Waals surface area contributed by atoms with Crippen LogP contribution in [0.4, 0.5) is 0 Å². The van der Waals surface area contributed by atoms with Gasteiger partial charge in [-0.05, 0) is 49.4 Å². The van der Waals surface area contributed by atoms with Crippen molar-refractivity contribution in [2.75, 3.05) is 0 Å². The molecule has 0 N–H and O–H groups in total. The minimum atomic E-state index is 1.07. The van der Waals surface area contributed by atoms with E-state index in [0.717, 1.165) is 23.7 Å². The molecule has 4 unspecified atom stereocenters. The zero-order valence-electron chi connectivity index (χ0n) is 9.26. The van der Waals surface area contributed by atoms with Crippen LogP contribution >= 0.6 is 0 Å². The Balaban J connectivity index is 1.79. The summed E-state index contributed by atoms with van der Waals surface area (Å²) in [5, 5.41) is 0. The van der Waals surface area contributed by atoms with E-state index in [1.165, 1.54) is 25.7 Å². The molecule has 0 nitrogen and oxygen atoms in total. The summed E-state index contributed by atoms with van der Waals surface area (Å²) in [7, 11) is 0. The van der Waals surface area contributed by atoms with E-state index in [2.05, 4.69) is 13.8 Å². The van der Waals surface area contributed by atoms with E-state index in [4.69, 9.17) is 0 Å². The predicted molar refractivity (Wildman–Crippen MR) is 57.6 cm³/mol. The van der Waals surface area contributed by atoms with Crippen molar-refractivity contribution in [3.05, 3.63) is 0 Å². The molecule has 2 bridgehead atoms. The van der Waals surface area contributed by atoms with Crippen molar-refractivity contribution >= 4 is 0 Å². The third kappa shape index (κ3) is 1.78. The second-order valence-corrected chi connectivity index (χ2v) is 5.35. The monoisotopic (exact) mass is 180 g/mol. The molecule has 76 valence electrons. The highest BCUT2D eigenvalue weighted by Gasteiger charge is 2.44. The summed E-state index contributed by atoms with van der Waals surface area (Å²) >= 11 is 0. The van der Waals surface area contributed by atoms with Gasteiger partial charge in [-0.1, -0.05) is 33.1 Å². The molecule has 0 aromatic carbocycles. The summed E-state index contributed by atoms with van der Waals surface area (Å²) in [5.74, 6) is 4.44. The fraction of sp³-hybridized carbons (Fsp3) is 1.00. The fourth-order valence-electron chi connectivity index (χ4n) is 3.83. The average Bonchev–Trinajstić information content (AvgIpc) is 2.69. The van der Waals surface area contributed by atoms with Crippen LogP contribution in [0.5, 0.6) is 0 Å². The Labute approximate surface area is 83.1 Å². The molecular formula is C13H24. The molecule has 2 saturated carbocycles. The van der Waals surface area contributed by atoms with Crippen LogP contribution in [0.3, 0.4) is 0 Å². The van der Waals surface area contributed by atoms with Crippen LogP contribution in [0.15, 0.2) is 0 Å². The molecule has 0 spiro atoms. The number of unbranched alkanes of at least 4 members (excludes halogenated alkanes) is 2. The predicted octanol–water partition coefficient (Wildman–Crippen LogP) is 4.25. The lowest BCUT2D eigenvalue weighted by Gasteiger charge is -2.28. The van der Waals surface area contributed by atoms with E-state index in [-0.39, 0.29) is 0 Å². The molecule has 0 aliphatic heterocycles. The van der Waals surface area contributed by atoms with Gasteiger partial charge in [0.15, 0.2) is 0 Å². The van der Waals surface area contributed by atoms with Crippen LogP contribution in [-0.2, 0) is 0 Å². The molecule has 2 fully saturated rings. The van der Waals surface area contributed by atoms with Crippen molar-refractivity contribution < 1.29 is 0 Å². The molecular weight excluding hydrogens is 156 g/mol. The lowest BCUT2D eigenvalue weighted by atomic mass is 9.78. The summed E-state index contributed by atoms with van der Waals surface area (Å²) in [6.07, 6.45) is 10.6. The third-order valence-electron chi connectivity index (χ3n) is 4.68. The molecule has 0 amide bonds. The Kier molecular flexibility index (Phi) is 2.96. The molecule has 13 heavy (non-hydrogen) atoms. The van der Waals surface area contributed by atoms with E-state index in [9.17, 15) is 0 Å². The Morgan fingerprint density at radius 3 is 2.46 bits per heavy atom. The van der Waals surface area contributed by atoms with E-state index in [0.29, 0.717) is 0 Å². The summed E-state index contributed by atoms with van der Waals surface area (Å²) in [6.45, 7) is 4.82. The van der Waals surface area contributed by atoms with E-state index in [1.807, 2.05) is 0 Å². The van der Waals surface area contributed by atoms with Crippen molar-refractivity contribution in [2.45, 2.75) is 58.8 Å². The third-order valence-corrected chi connectivity index (χ3v) is 4.68. The Hall–Kier alpha value is 0. The SMILES string of the molecule is CCCCCC1C2CCC(C2)C1C. The van der Waals surface area contributed by atoms with Gasteiger partial charge in [0.25, 0.3) is 0 Å². The first-order valence-electron chi connectivity index (χ1n) is 6.33. The highest BCUT2D eigenvalue weighted by Crippen LogP contribution is 2.53. The van der Waals surface area contributed by atoms with Crippen molar-refractivity contribution in [1.29, 1.82) is 0 Å². The molecule has 2 aliphatic carbocycles. The van der Waals surface area contributed by atoms with Gasteiger partial charge in [0.2, 0.25) is 0 Å². The standard InChI is InChI=1S/C13H24/c1-3-4-5-6-13-10(2)11-7-8-12(13)9-11/h10-13H,3-9H2,1-2H3. The summed E-state index contributed by atoms with van der Waals surface area (Å²) in [5.41, 5.74) is 0. The van der Waals surface area contributed by atoms with Crippen molar-refractivity contribution in [2.24, 2.45) is 23.7 Å². The highest BCUT2D eigenvalue weighted by molar-refractivity contribution is 4.94. The van der Waals surface area contributed by atoms with Crippen LogP contribution in [0.2, 0.25) is 0 Å². The number of hydrogen-bond donors (Lipinski definition) is 0. The first-order chi connectivity index (χ1) is 6.33. The minimum absolute atomic E-state index is 1.07. The summed E-state index contributed by atoms with van der Waals surface area (Å²) in [4.78, 5) is 0. The van der Waals surface area contributed by atoms with Crippen molar-refractivity contribution in [1.82, 2.24) is 0 Å². The maximum atomic E-state index is 2.51. The molecule has 0 heterocycles. The fourth-order valence-corrected chi connectivity index (χ4v) is 3.83. The lowest BCUT2D eigenvalue weighted by Crippen LogP contribution is -2.19. The maximum Gasteiger partial charge on any atom is -0.0357 e. The smallest absolute Gasteiger partial charge is 0.0357 e. The Morgan fingerprint density at radius 2 is 1.85 bits per heavy atom. The highest BCUT2D eigenvalue weighted by atomic mass is 14.5. The van der Waals surface area contributed by atoms with Crippen molar-refractivity contribution in [3.63, 3.8) is 0 Å². The first-order valence-corrected chi connectivity index (χ1v) is 6.33. The molecule has 0 aromatic rings. The quantitative estimate of drug-likeness (QED) is 0.567. The van der Waals surface area contributed by atoms with E-state index < -0.39 is 0 Å². The van der Waals surface area contributed by atoms with Crippen LogP contribution in [0, 0.1) is 23.7 Å². The maximum absolute atomic E-state index is 2.51. The second kappa shape index (κ2) is 4.02. The van der Waals surface area contributed by atoms with Gasteiger partial charge in [-0.2, -0.15) is 0 Å². The van der Waals surface area contributed by atoms with Gasteiger partial charge in [-0.3, -0.25) is 0 Å². The second-order valence-electron chi connectivity index (χ2n) is 5.35. The van der Waals surface area contributed by atoms with Gasteiger partial charge in [-0.15, -0.1) is 0 Å². The normalized spacial score (nSPS) is 42.9. The Bertz CT molecular complexity index is 159. The minimum Gasteiger partial charge on any atom is -0.0654 e. The molecule has 0 aromatic heterocycles. The van der Waals surface area contributed by atoms with Gasteiger partial charge in [-0.25, -0.2) is 0 Å².